The van der Waals surface area contributed by atoms with E-state index >= 15 is 0 Å². The molecule has 1 aliphatic rings. The Bertz CT molecular complexity index is 170. The minimum absolute atomic E-state index is 0.425. The Morgan fingerprint density at radius 3 is 3.00 bits per heavy atom. The fourth-order valence-electron chi connectivity index (χ4n) is 1.72. The summed E-state index contributed by atoms with van der Waals surface area (Å²) in [7, 11) is 0. The van der Waals surface area contributed by atoms with Crippen LogP contribution in [0.15, 0.2) is 24.3 Å². The van der Waals surface area contributed by atoms with Gasteiger partial charge in [0.15, 0.2) is 0 Å². The Labute approximate surface area is 75.3 Å². The molecule has 0 heterocycles. The van der Waals surface area contributed by atoms with Crippen LogP contribution in [0.1, 0.15) is 38.5 Å². The first-order chi connectivity index (χ1) is 5.83. The summed E-state index contributed by atoms with van der Waals surface area (Å²) in [6, 6.07) is 0.425. The van der Waals surface area contributed by atoms with Gasteiger partial charge in [-0.25, -0.2) is 0 Å². The summed E-state index contributed by atoms with van der Waals surface area (Å²) in [5, 5.41) is 0. The second-order valence-corrected chi connectivity index (χ2v) is 3.58. The van der Waals surface area contributed by atoms with Crippen LogP contribution >= 0.6 is 0 Å². The first-order valence-corrected chi connectivity index (χ1v) is 4.87. The molecule has 1 heteroatoms. The van der Waals surface area contributed by atoms with Crippen LogP contribution in [-0.2, 0) is 0 Å². The van der Waals surface area contributed by atoms with Gasteiger partial charge >= 0.3 is 0 Å². The van der Waals surface area contributed by atoms with Crippen molar-refractivity contribution in [2.24, 2.45) is 5.73 Å². The maximum absolute atomic E-state index is 5.87. The van der Waals surface area contributed by atoms with Crippen molar-refractivity contribution < 1.29 is 0 Å². The molecular formula is C11H19N. The summed E-state index contributed by atoms with van der Waals surface area (Å²) < 4.78 is 0. The summed E-state index contributed by atoms with van der Waals surface area (Å²) in [5.74, 6) is 0. The van der Waals surface area contributed by atoms with Gasteiger partial charge in [0.25, 0.3) is 0 Å². The number of allylic oxidation sites excluding steroid dienone is 2. The molecule has 0 amide bonds. The van der Waals surface area contributed by atoms with E-state index in [0.717, 1.165) is 19.3 Å². The molecule has 0 aromatic rings. The third-order valence-corrected chi connectivity index (χ3v) is 2.40. The molecule has 0 aromatic heterocycles. The van der Waals surface area contributed by atoms with E-state index in [1.807, 2.05) is 6.08 Å². The van der Waals surface area contributed by atoms with Gasteiger partial charge in [-0.2, -0.15) is 0 Å². The third kappa shape index (κ3) is 3.22. The van der Waals surface area contributed by atoms with Crippen LogP contribution in [-0.4, -0.2) is 6.04 Å². The topological polar surface area (TPSA) is 26.0 Å². The van der Waals surface area contributed by atoms with E-state index < -0.39 is 0 Å². The van der Waals surface area contributed by atoms with E-state index in [9.17, 15) is 0 Å². The molecule has 1 nitrogen and oxygen atoms in total. The van der Waals surface area contributed by atoms with Gasteiger partial charge in [-0.05, 0) is 38.5 Å². The summed E-state index contributed by atoms with van der Waals surface area (Å²) >= 11 is 0. The number of rotatable bonds is 3. The molecule has 0 aromatic carbocycles. The van der Waals surface area contributed by atoms with Gasteiger partial charge in [-0.1, -0.05) is 17.7 Å². The molecule has 12 heavy (non-hydrogen) atoms. The van der Waals surface area contributed by atoms with Gasteiger partial charge in [-0.15, -0.1) is 6.58 Å². The molecule has 1 unspecified atom stereocenters. The highest BCUT2D eigenvalue weighted by atomic mass is 14.6. The molecule has 0 bridgehead atoms. The van der Waals surface area contributed by atoms with Crippen LogP contribution in [0.2, 0.25) is 0 Å². The first-order valence-electron chi connectivity index (χ1n) is 4.87. The maximum atomic E-state index is 5.87. The highest BCUT2D eigenvalue weighted by molar-refractivity contribution is 5.07. The van der Waals surface area contributed by atoms with Crippen LogP contribution in [0.3, 0.4) is 0 Å². The maximum Gasteiger partial charge on any atom is 0.00761 e. The van der Waals surface area contributed by atoms with Crippen molar-refractivity contribution in [3.05, 3.63) is 24.3 Å². The number of hydrogen-bond acceptors (Lipinski definition) is 1. The fraction of sp³-hybridized carbons (Fsp3) is 0.636. The molecule has 1 saturated carbocycles. The lowest BCUT2D eigenvalue weighted by molar-refractivity contribution is 0.516. The normalized spacial score (nSPS) is 27.4. The van der Waals surface area contributed by atoms with Crippen molar-refractivity contribution in [3.8, 4) is 0 Å². The zero-order chi connectivity index (χ0) is 8.81. The zero-order valence-corrected chi connectivity index (χ0v) is 7.76. The van der Waals surface area contributed by atoms with Gasteiger partial charge < -0.3 is 5.73 Å². The molecule has 0 spiro atoms. The Morgan fingerprint density at radius 1 is 1.50 bits per heavy atom. The molecule has 2 N–H and O–H groups in total. The Hall–Kier alpha value is -0.560. The average Bonchev–Trinajstić information content (AvgIpc) is 2.05. The van der Waals surface area contributed by atoms with Crippen LogP contribution < -0.4 is 5.73 Å². The molecule has 1 aliphatic carbocycles. The van der Waals surface area contributed by atoms with E-state index in [2.05, 4.69) is 12.7 Å². The van der Waals surface area contributed by atoms with Gasteiger partial charge in [0.1, 0.15) is 0 Å². The number of nitrogens with two attached hydrogens (primary N) is 1. The van der Waals surface area contributed by atoms with Crippen molar-refractivity contribution in [3.63, 3.8) is 0 Å². The molecule has 68 valence electrons. The molecule has 0 aliphatic heterocycles. The van der Waals surface area contributed by atoms with E-state index in [0.29, 0.717) is 6.04 Å². The van der Waals surface area contributed by atoms with Crippen LogP contribution in [0, 0.1) is 0 Å². The summed E-state index contributed by atoms with van der Waals surface area (Å²) in [6.07, 6.45) is 11.4. The summed E-state index contributed by atoms with van der Waals surface area (Å²) in [4.78, 5) is 0. The first kappa shape index (κ1) is 9.53. The lowest BCUT2D eigenvalue weighted by Crippen LogP contribution is -2.23. The fourth-order valence-corrected chi connectivity index (χ4v) is 1.72. The molecule has 1 fully saturated rings. The highest BCUT2D eigenvalue weighted by Crippen LogP contribution is 2.22. The standard InChI is InChI=1S/C11H19N/c1-2-3-4-6-10-7-5-8-11(12)9-10/h2,6,11H,1,3-5,7-9,12H2. The predicted octanol–water partition coefficient (Wildman–Crippen LogP) is 2.78. The predicted molar refractivity (Wildman–Crippen MR) is 54.0 cm³/mol. The van der Waals surface area contributed by atoms with Gasteiger partial charge in [-0.3, -0.25) is 0 Å². The summed E-state index contributed by atoms with van der Waals surface area (Å²) in [6.45, 7) is 3.70. The molecular weight excluding hydrogens is 146 g/mol. The van der Waals surface area contributed by atoms with Crippen LogP contribution in [0.25, 0.3) is 0 Å². The van der Waals surface area contributed by atoms with Crippen molar-refractivity contribution >= 4 is 0 Å². The van der Waals surface area contributed by atoms with Crippen molar-refractivity contribution in [2.45, 2.75) is 44.6 Å². The second kappa shape index (κ2) is 5.15. The molecule has 0 saturated heterocycles. The molecule has 1 atom stereocenters. The summed E-state index contributed by atoms with van der Waals surface area (Å²) in [5.41, 5.74) is 7.43. The number of hydrogen-bond donors (Lipinski definition) is 1. The lowest BCUT2D eigenvalue weighted by atomic mass is 9.90. The third-order valence-electron chi connectivity index (χ3n) is 2.40. The minimum Gasteiger partial charge on any atom is -0.327 e. The van der Waals surface area contributed by atoms with Crippen LogP contribution in [0.5, 0.6) is 0 Å². The van der Waals surface area contributed by atoms with Crippen molar-refractivity contribution in [1.29, 1.82) is 0 Å². The Balaban J connectivity index is 2.29. The monoisotopic (exact) mass is 165 g/mol. The highest BCUT2D eigenvalue weighted by Gasteiger charge is 2.11. The minimum atomic E-state index is 0.425. The van der Waals surface area contributed by atoms with E-state index in [-0.39, 0.29) is 0 Å². The molecule has 1 rings (SSSR count). The van der Waals surface area contributed by atoms with Gasteiger partial charge in [0.05, 0.1) is 0 Å². The van der Waals surface area contributed by atoms with E-state index in [4.69, 9.17) is 5.73 Å². The average molecular weight is 165 g/mol. The van der Waals surface area contributed by atoms with Gasteiger partial charge in [0.2, 0.25) is 0 Å². The van der Waals surface area contributed by atoms with Crippen molar-refractivity contribution in [2.75, 3.05) is 0 Å². The lowest BCUT2D eigenvalue weighted by Gasteiger charge is -2.20. The number of unbranched alkanes of at least 4 members (excludes halogenated alkanes) is 1. The van der Waals surface area contributed by atoms with Crippen molar-refractivity contribution in [1.82, 2.24) is 0 Å². The Morgan fingerprint density at radius 2 is 2.33 bits per heavy atom. The SMILES string of the molecule is C=CCCC=C1CCCC(N)C1. The van der Waals surface area contributed by atoms with E-state index in [1.54, 1.807) is 5.57 Å². The zero-order valence-electron chi connectivity index (χ0n) is 7.76. The quantitative estimate of drug-likeness (QED) is 0.505. The van der Waals surface area contributed by atoms with Crippen LogP contribution in [0.4, 0.5) is 0 Å². The smallest absolute Gasteiger partial charge is 0.00761 e. The molecule has 0 radical (unpaired) electrons. The van der Waals surface area contributed by atoms with Gasteiger partial charge in [0, 0.05) is 6.04 Å². The van der Waals surface area contributed by atoms with E-state index in [1.165, 1.54) is 19.3 Å². The largest absolute Gasteiger partial charge is 0.327 e. The Kier molecular flexibility index (Phi) is 4.09. The second-order valence-electron chi connectivity index (χ2n) is 3.58.